The summed E-state index contributed by atoms with van der Waals surface area (Å²) >= 11 is 3.49. The Bertz CT molecular complexity index is 678. The molecule has 5 heteroatoms. The van der Waals surface area contributed by atoms with E-state index in [0.29, 0.717) is 25.4 Å². The van der Waals surface area contributed by atoms with Gasteiger partial charge in [-0.2, -0.15) is 0 Å². The van der Waals surface area contributed by atoms with E-state index in [1.54, 1.807) is 0 Å². The molecule has 0 saturated heterocycles. The van der Waals surface area contributed by atoms with Crippen molar-refractivity contribution in [3.05, 3.63) is 51.8 Å². The van der Waals surface area contributed by atoms with Crippen LogP contribution in [0.5, 0.6) is 0 Å². The van der Waals surface area contributed by atoms with Crippen LogP contribution in [0.4, 0.5) is 0 Å². The number of halogens is 1. The molecule has 1 aliphatic heterocycles. The van der Waals surface area contributed by atoms with E-state index in [9.17, 15) is 4.79 Å². The third-order valence-corrected chi connectivity index (χ3v) is 4.03. The molecule has 0 aliphatic carbocycles. The Labute approximate surface area is 131 Å². The first-order valence-electron chi connectivity index (χ1n) is 6.94. The van der Waals surface area contributed by atoms with Gasteiger partial charge in [-0.1, -0.05) is 22.0 Å². The lowest BCUT2D eigenvalue weighted by Crippen LogP contribution is -2.14. The Morgan fingerprint density at radius 1 is 1.48 bits per heavy atom. The minimum atomic E-state index is -0.284. The van der Waals surface area contributed by atoms with Gasteiger partial charge in [0.05, 0.1) is 25.4 Å². The fourth-order valence-electron chi connectivity index (χ4n) is 2.60. The summed E-state index contributed by atoms with van der Waals surface area (Å²) in [7, 11) is 0. The van der Waals surface area contributed by atoms with Gasteiger partial charge in [-0.15, -0.1) is 0 Å². The molecule has 21 heavy (non-hydrogen) atoms. The van der Waals surface area contributed by atoms with Crippen LogP contribution in [0.15, 0.2) is 34.9 Å². The molecular weight excluding hydrogens is 334 g/mol. The highest BCUT2D eigenvalue weighted by molar-refractivity contribution is 9.10. The van der Waals surface area contributed by atoms with E-state index in [1.807, 2.05) is 37.4 Å². The fourth-order valence-corrected chi connectivity index (χ4v) is 2.99. The molecule has 2 heterocycles. The number of nitrogens with zero attached hydrogens (tertiary/aromatic N) is 1. The average Bonchev–Trinajstić information content (AvgIpc) is 2.87. The highest BCUT2D eigenvalue weighted by Crippen LogP contribution is 2.28. The number of aromatic nitrogens is 1. The minimum absolute atomic E-state index is 0.284. The molecule has 0 fully saturated rings. The highest BCUT2D eigenvalue weighted by atomic mass is 79.9. The number of hydrogen-bond donors (Lipinski definition) is 0. The van der Waals surface area contributed by atoms with Crippen LogP contribution in [0.2, 0.25) is 0 Å². The van der Waals surface area contributed by atoms with Gasteiger partial charge in [0.25, 0.3) is 0 Å². The van der Waals surface area contributed by atoms with Crippen LogP contribution < -0.4 is 0 Å². The van der Waals surface area contributed by atoms with Crippen molar-refractivity contribution >= 4 is 21.9 Å². The van der Waals surface area contributed by atoms with E-state index in [0.717, 1.165) is 27.8 Å². The molecule has 1 aliphatic rings. The van der Waals surface area contributed by atoms with Crippen LogP contribution in [-0.4, -0.2) is 23.8 Å². The third-order valence-electron chi connectivity index (χ3n) is 3.53. The molecule has 0 bridgehead atoms. The van der Waals surface area contributed by atoms with Crippen LogP contribution >= 0.6 is 15.9 Å². The maximum Gasteiger partial charge on any atom is 0.340 e. The number of esters is 1. The predicted molar refractivity (Wildman–Crippen MR) is 82.8 cm³/mol. The van der Waals surface area contributed by atoms with Crippen molar-refractivity contribution in [3.8, 4) is 5.69 Å². The van der Waals surface area contributed by atoms with Gasteiger partial charge in [-0.05, 0) is 25.1 Å². The molecule has 0 unspecified atom stereocenters. The largest absolute Gasteiger partial charge is 0.462 e. The Kier molecular flexibility index (Phi) is 4.12. The van der Waals surface area contributed by atoms with Crippen molar-refractivity contribution in [3.63, 3.8) is 0 Å². The zero-order valence-electron chi connectivity index (χ0n) is 11.8. The van der Waals surface area contributed by atoms with Gasteiger partial charge in [0.15, 0.2) is 0 Å². The third kappa shape index (κ3) is 2.76. The summed E-state index contributed by atoms with van der Waals surface area (Å²) in [4.78, 5) is 12.1. The Morgan fingerprint density at radius 3 is 3.10 bits per heavy atom. The van der Waals surface area contributed by atoms with Gasteiger partial charge < -0.3 is 14.0 Å². The van der Waals surface area contributed by atoms with Crippen LogP contribution in [0.3, 0.4) is 0 Å². The first-order valence-corrected chi connectivity index (χ1v) is 7.74. The van der Waals surface area contributed by atoms with Crippen LogP contribution in [-0.2, 0) is 22.5 Å². The summed E-state index contributed by atoms with van der Waals surface area (Å²) in [5.74, 6) is -0.284. The number of benzene rings is 1. The second-order valence-electron chi connectivity index (χ2n) is 4.84. The molecule has 0 saturated carbocycles. The average molecular weight is 350 g/mol. The molecule has 0 amide bonds. The lowest BCUT2D eigenvalue weighted by Gasteiger charge is -2.16. The summed E-state index contributed by atoms with van der Waals surface area (Å²) in [6, 6.07) is 8.02. The van der Waals surface area contributed by atoms with Gasteiger partial charge in [0.2, 0.25) is 0 Å². The molecule has 0 N–H and O–H groups in total. The van der Waals surface area contributed by atoms with Crippen molar-refractivity contribution in [2.75, 3.05) is 13.2 Å². The van der Waals surface area contributed by atoms with Gasteiger partial charge in [0, 0.05) is 34.0 Å². The van der Waals surface area contributed by atoms with Crippen molar-refractivity contribution in [2.24, 2.45) is 0 Å². The van der Waals surface area contributed by atoms with Crippen molar-refractivity contribution < 1.29 is 14.3 Å². The smallest absolute Gasteiger partial charge is 0.340 e. The number of hydrogen-bond acceptors (Lipinski definition) is 3. The summed E-state index contributed by atoms with van der Waals surface area (Å²) in [6.07, 6.45) is 2.65. The van der Waals surface area contributed by atoms with Gasteiger partial charge in [0.1, 0.15) is 0 Å². The minimum Gasteiger partial charge on any atom is -0.462 e. The zero-order chi connectivity index (χ0) is 14.8. The molecule has 2 aromatic rings. The Hall–Kier alpha value is -1.59. The highest BCUT2D eigenvalue weighted by Gasteiger charge is 2.24. The lowest BCUT2D eigenvalue weighted by atomic mass is 10.1. The fraction of sp³-hybridized carbons (Fsp3) is 0.312. The van der Waals surface area contributed by atoms with Crippen LogP contribution in [0.1, 0.15) is 28.5 Å². The monoisotopic (exact) mass is 349 g/mol. The number of ether oxygens (including phenoxy) is 2. The maximum absolute atomic E-state index is 12.1. The van der Waals surface area contributed by atoms with E-state index in [4.69, 9.17) is 9.47 Å². The first-order chi connectivity index (χ1) is 10.2. The zero-order valence-corrected chi connectivity index (χ0v) is 13.4. The standard InChI is InChI=1S/C16H16BrNO3/c1-2-21-16(19)13-9-18(12-5-3-4-11(17)8-12)15-6-7-20-10-14(13)15/h3-5,8-9H,2,6-7,10H2,1H3. The van der Waals surface area contributed by atoms with Gasteiger partial charge in [-0.25, -0.2) is 4.79 Å². The molecule has 4 nitrogen and oxygen atoms in total. The molecule has 1 aromatic heterocycles. The SMILES string of the molecule is CCOC(=O)c1cn(-c2cccc(Br)c2)c2c1COCC2. The van der Waals surface area contributed by atoms with E-state index in [2.05, 4.69) is 20.5 Å². The van der Waals surface area contributed by atoms with Crippen LogP contribution in [0, 0.1) is 0 Å². The second-order valence-corrected chi connectivity index (χ2v) is 5.76. The number of carbonyl (C=O) groups excluding carboxylic acids is 1. The number of rotatable bonds is 3. The van der Waals surface area contributed by atoms with Gasteiger partial charge in [-0.3, -0.25) is 0 Å². The van der Waals surface area contributed by atoms with E-state index >= 15 is 0 Å². The molecule has 0 atom stereocenters. The number of carbonyl (C=O) groups is 1. The summed E-state index contributed by atoms with van der Waals surface area (Å²) < 4.78 is 13.7. The van der Waals surface area contributed by atoms with E-state index < -0.39 is 0 Å². The van der Waals surface area contributed by atoms with E-state index in [-0.39, 0.29) is 5.97 Å². The van der Waals surface area contributed by atoms with Crippen molar-refractivity contribution in [1.29, 1.82) is 0 Å². The van der Waals surface area contributed by atoms with E-state index in [1.165, 1.54) is 0 Å². The summed E-state index contributed by atoms with van der Waals surface area (Å²) in [5.41, 5.74) is 3.70. The second kappa shape index (κ2) is 6.03. The normalized spacial score (nSPS) is 13.8. The van der Waals surface area contributed by atoms with Crippen molar-refractivity contribution in [2.45, 2.75) is 20.0 Å². The van der Waals surface area contributed by atoms with Crippen molar-refractivity contribution in [1.82, 2.24) is 4.57 Å². The summed E-state index contributed by atoms with van der Waals surface area (Å²) in [6.45, 7) is 3.32. The topological polar surface area (TPSA) is 40.5 Å². The molecule has 3 rings (SSSR count). The lowest BCUT2D eigenvalue weighted by molar-refractivity contribution is 0.0516. The summed E-state index contributed by atoms with van der Waals surface area (Å²) in [5, 5.41) is 0. The molecule has 1 aromatic carbocycles. The quantitative estimate of drug-likeness (QED) is 0.796. The molecule has 0 radical (unpaired) electrons. The Balaban J connectivity index is 2.11. The molecular formula is C16H16BrNO3. The van der Waals surface area contributed by atoms with Crippen LogP contribution in [0.25, 0.3) is 5.69 Å². The maximum atomic E-state index is 12.1. The first kappa shape index (κ1) is 14.4. The Morgan fingerprint density at radius 2 is 2.33 bits per heavy atom. The predicted octanol–water partition coefficient (Wildman–Crippen LogP) is 3.49. The number of fused-ring (bicyclic) bond motifs is 1. The molecule has 0 spiro atoms. The molecule has 110 valence electrons. The van der Waals surface area contributed by atoms with Gasteiger partial charge >= 0.3 is 5.97 Å².